The SMILES string of the molecule is COC1CC=C[C@@H](CI)O1. The molecule has 0 fully saturated rings. The van der Waals surface area contributed by atoms with Crippen LogP contribution in [0.2, 0.25) is 0 Å². The molecule has 1 heterocycles. The van der Waals surface area contributed by atoms with Gasteiger partial charge < -0.3 is 9.47 Å². The van der Waals surface area contributed by atoms with Crippen LogP contribution >= 0.6 is 22.6 Å². The van der Waals surface area contributed by atoms with Crippen molar-refractivity contribution in [2.45, 2.75) is 18.8 Å². The summed E-state index contributed by atoms with van der Waals surface area (Å²) in [6, 6.07) is 0. The Kier molecular flexibility index (Phi) is 3.65. The van der Waals surface area contributed by atoms with Crippen LogP contribution < -0.4 is 0 Å². The maximum absolute atomic E-state index is 5.47. The summed E-state index contributed by atoms with van der Waals surface area (Å²) in [6.07, 6.45) is 5.30. The molecule has 2 nitrogen and oxygen atoms in total. The van der Waals surface area contributed by atoms with Crippen LogP contribution in [0.3, 0.4) is 0 Å². The van der Waals surface area contributed by atoms with Crippen LogP contribution in [-0.4, -0.2) is 23.9 Å². The number of hydrogen-bond donors (Lipinski definition) is 0. The zero-order chi connectivity index (χ0) is 7.40. The van der Waals surface area contributed by atoms with Gasteiger partial charge in [0.2, 0.25) is 0 Å². The zero-order valence-electron chi connectivity index (χ0n) is 5.92. The molecule has 0 aromatic carbocycles. The summed E-state index contributed by atoms with van der Waals surface area (Å²) in [7, 11) is 1.67. The van der Waals surface area contributed by atoms with Gasteiger partial charge in [-0.25, -0.2) is 0 Å². The highest BCUT2D eigenvalue weighted by Gasteiger charge is 2.15. The summed E-state index contributed by atoms with van der Waals surface area (Å²) in [5, 5.41) is 0. The van der Waals surface area contributed by atoms with Gasteiger partial charge in [0.1, 0.15) is 0 Å². The molecule has 0 amide bonds. The fourth-order valence-electron chi connectivity index (χ4n) is 0.877. The first kappa shape index (κ1) is 8.49. The van der Waals surface area contributed by atoms with E-state index in [0.717, 1.165) is 10.8 Å². The highest BCUT2D eigenvalue weighted by molar-refractivity contribution is 14.1. The molecule has 1 aliphatic rings. The smallest absolute Gasteiger partial charge is 0.161 e. The molecule has 0 N–H and O–H groups in total. The third-order valence-corrected chi connectivity index (χ3v) is 2.29. The molecule has 0 spiro atoms. The molecule has 0 saturated heterocycles. The van der Waals surface area contributed by atoms with Gasteiger partial charge in [-0.15, -0.1) is 0 Å². The molecule has 58 valence electrons. The van der Waals surface area contributed by atoms with Crippen molar-refractivity contribution in [2.75, 3.05) is 11.5 Å². The van der Waals surface area contributed by atoms with Gasteiger partial charge in [-0.3, -0.25) is 0 Å². The van der Waals surface area contributed by atoms with Gasteiger partial charge in [0.05, 0.1) is 6.10 Å². The van der Waals surface area contributed by atoms with Crippen LogP contribution in [0.4, 0.5) is 0 Å². The molecule has 0 radical (unpaired) electrons. The van der Waals surface area contributed by atoms with Gasteiger partial charge in [-0.05, 0) is 0 Å². The van der Waals surface area contributed by atoms with Crippen molar-refractivity contribution in [3.8, 4) is 0 Å². The third-order valence-electron chi connectivity index (χ3n) is 1.42. The summed E-state index contributed by atoms with van der Waals surface area (Å²) in [6.45, 7) is 0. The molecule has 10 heavy (non-hydrogen) atoms. The number of ether oxygens (including phenoxy) is 2. The lowest BCUT2D eigenvalue weighted by molar-refractivity contribution is -0.140. The summed E-state index contributed by atoms with van der Waals surface area (Å²) >= 11 is 2.30. The van der Waals surface area contributed by atoms with Crippen LogP contribution in [0.25, 0.3) is 0 Å². The maximum atomic E-state index is 5.47. The lowest BCUT2D eigenvalue weighted by Gasteiger charge is -2.23. The highest BCUT2D eigenvalue weighted by Crippen LogP contribution is 2.13. The Morgan fingerprint density at radius 2 is 2.60 bits per heavy atom. The van der Waals surface area contributed by atoms with Gasteiger partial charge in [0.25, 0.3) is 0 Å². The van der Waals surface area contributed by atoms with Crippen molar-refractivity contribution >= 4 is 22.6 Å². The molecule has 1 unspecified atom stereocenters. The Hall–Kier alpha value is 0.390. The topological polar surface area (TPSA) is 18.5 Å². The molecular weight excluding hydrogens is 243 g/mol. The Balaban J connectivity index is 2.38. The van der Waals surface area contributed by atoms with E-state index in [-0.39, 0.29) is 12.4 Å². The minimum absolute atomic E-state index is 0.0234. The number of rotatable bonds is 2. The van der Waals surface area contributed by atoms with E-state index in [9.17, 15) is 0 Å². The van der Waals surface area contributed by atoms with Crippen molar-refractivity contribution in [1.82, 2.24) is 0 Å². The number of methoxy groups -OCH3 is 1. The molecule has 1 aliphatic heterocycles. The van der Waals surface area contributed by atoms with E-state index in [4.69, 9.17) is 9.47 Å². The Bertz CT molecular complexity index is 125. The van der Waals surface area contributed by atoms with Crippen LogP contribution in [0, 0.1) is 0 Å². The third kappa shape index (κ3) is 2.21. The molecule has 0 aromatic rings. The van der Waals surface area contributed by atoms with Crippen molar-refractivity contribution in [2.24, 2.45) is 0 Å². The van der Waals surface area contributed by atoms with E-state index >= 15 is 0 Å². The van der Waals surface area contributed by atoms with Crippen molar-refractivity contribution in [1.29, 1.82) is 0 Å². The first-order valence-corrected chi connectivity index (χ1v) is 4.80. The highest BCUT2D eigenvalue weighted by atomic mass is 127. The first-order chi connectivity index (χ1) is 4.86. The quantitative estimate of drug-likeness (QED) is 0.424. The van der Waals surface area contributed by atoms with Crippen LogP contribution in [0.15, 0.2) is 12.2 Å². The Labute approximate surface area is 74.7 Å². The lowest BCUT2D eigenvalue weighted by atomic mass is 10.2. The van der Waals surface area contributed by atoms with Crippen LogP contribution in [0.1, 0.15) is 6.42 Å². The second kappa shape index (κ2) is 4.31. The van der Waals surface area contributed by atoms with Gasteiger partial charge in [0.15, 0.2) is 6.29 Å². The number of alkyl halides is 1. The van der Waals surface area contributed by atoms with E-state index in [1.165, 1.54) is 0 Å². The standard InChI is InChI=1S/C7H11IO2/c1-9-7-4-2-3-6(5-8)10-7/h2-3,6-7H,4-5H2,1H3/t6-,7?/m0/s1. The molecule has 3 heteroatoms. The molecule has 0 aliphatic carbocycles. The molecule has 0 saturated carbocycles. The largest absolute Gasteiger partial charge is 0.356 e. The summed E-state index contributed by atoms with van der Waals surface area (Å²) in [5.74, 6) is 0. The fourth-order valence-corrected chi connectivity index (χ4v) is 1.38. The van der Waals surface area contributed by atoms with Gasteiger partial charge in [-0.2, -0.15) is 0 Å². The van der Waals surface area contributed by atoms with E-state index in [1.54, 1.807) is 7.11 Å². The minimum atomic E-state index is -0.0234. The van der Waals surface area contributed by atoms with Crippen molar-refractivity contribution < 1.29 is 9.47 Å². The van der Waals surface area contributed by atoms with Crippen molar-refractivity contribution in [3.63, 3.8) is 0 Å². The fraction of sp³-hybridized carbons (Fsp3) is 0.714. The second-order valence-electron chi connectivity index (χ2n) is 2.16. The van der Waals surface area contributed by atoms with Crippen molar-refractivity contribution in [3.05, 3.63) is 12.2 Å². The predicted octanol–water partition coefficient (Wildman–Crippen LogP) is 1.74. The van der Waals surface area contributed by atoms with Gasteiger partial charge >= 0.3 is 0 Å². The summed E-state index contributed by atoms with van der Waals surface area (Å²) in [5.41, 5.74) is 0. The van der Waals surface area contributed by atoms with E-state index in [0.29, 0.717) is 0 Å². The average molecular weight is 254 g/mol. The summed E-state index contributed by atoms with van der Waals surface area (Å²) < 4.78 is 11.5. The minimum Gasteiger partial charge on any atom is -0.356 e. The normalized spacial score (nSPS) is 32.6. The van der Waals surface area contributed by atoms with Crippen LogP contribution in [0.5, 0.6) is 0 Å². The van der Waals surface area contributed by atoms with Gasteiger partial charge in [-0.1, -0.05) is 34.7 Å². The van der Waals surface area contributed by atoms with E-state index in [2.05, 4.69) is 34.7 Å². The molecule has 0 bridgehead atoms. The predicted molar refractivity (Wildman–Crippen MR) is 48.3 cm³/mol. The maximum Gasteiger partial charge on any atom is 0.161 e. The lowest BCUT2D eigenvalue weighted by Crippen LogP contribution is -2.26. The zero-order valence-corrected chi connectivity index (χ0v) is 8.08. The summed E-state index contributed by atoms with van der Waals surface area (Å²) in [4.78, 5) is 0. The monoisotopic (exact) mass is 254 g/mol. The molecular formula is C7H11IO2. The average Bonchev–Trinajstić information content (AvgIpc) is 2.05. The van der Waals surface area contributed by atoms with Gasteiger partial charge in [0, 0.05) is 18.0 Å². The number of halogens is 1. The van der Waals surface area contributed by atoms with E-state index < -0.39 is 0 Å². The van der Waals surface area contributed by atoms with Crippen LogP contribution in [-0.2, 0) is 9.47 Å². The number of hydrogen-bond acceptors (Lipinski definition) is 2. The van der Waals surface area contributed by atoms with E-state index in [1.807, 2.05) is 0 Å². The molecule has 1 rings (SSSR count). The first-order valence-electron chi connectivity index (χ1n) is 3.27. The Morgan fingerprint density at radius 1 is 1.80 bits per heavy atom. The molecule has 0 aromatic heterocycles. The second-order valence-corrected chi connectivity index (χ2v) is 3.04. The Morgan fingerprint density at radius 3 is 3.20 bits per heavy atom. The molecule has 2 atom stereocenters.